The molecule has 0 aliphatic heterocycles. The predicted octanol–water partition coefficient (Wildman–Crippen LogP) is 3.69. The summed E-state index contributed by atoms with van der Waals surface area (Å²) in [7, 11) is 1.82. The Labute approximate surface area is 105 Å². The molecule has 0 heterocycles. The molecular weight excluding hydrogens is 243 g/mol. The molecule has 2 nitrogen and oxygen atoms in total. The number of hydrogen-bond donors (Lipinski definition) is 1. The van der Waals surface area contributed by atoms with E-state index in [-0.39, 0.29) is 12.6 Å². The van der Waals surface area contributed by atoms with Crippen LogP contribution in [0.1, 0.15) is 31.4 Å². The molecule has 0 saturated carbocycles. The van der Waals surface area contributed by atoms with Crippen LogP contribution in [0.25, 0.3) is 0 Å². The van der Waals surface area contributed by atoms with Gasteiger partial charge in [0.25, 0.3) is 0 Å². The normalized spacial score (nSPS) is 13.4. The molecule has 0 radical (unpaired) electrons. The smallest absolute Gasteiger partial charge is 0.392 e. The van der Waals surface area contributed by atoms with Gasteiger partial charge in [0.05, 0.1) is 13.0 Å². The zero-order valence-corrected chi connectivity index (χ0v) is 10.6. The van der Waals surface area contributed by atoms with Crippen LogP contribution in [-0.2, 0) is 0 Å². The Hall–Kier alpha value is -1.23. The first-order valence-corrected chi connectivity index (χ1v) is 5.93. The molecule has 0 fully saturated rings. The first-order chi connectivity index (χ1) is 8.48. The molecular formula is C13H18F3NO. The summed E-state index contributed by atoms with van der Waals surface area (Å²) in [6.45, 7) is 1.66. The first-order valence-electron chi connectivity index (χ1n) is 5.93. The van der Waals surface area contributed by atoms with Crippen molar-refractivity contribution in [3.05, 3.63) is 29.8 Å². The fraction of sp³-hybridized carbons (Fsp3) is 0.538. The zero-order valence-electron chi connectivity index (χ0n) is 10.6. The van der Waals surface area contributed by atoms with E-state index in [1.54, 1.807) is 12.1 Å². The Balaban J connectivity index is 2.70. The predicted molar refractivity (Wildman–Crippen MR) is 64.7 cm³/mol. The summed E-state index contributed by atoms with van der Waals surface area (Å²) in [6.07, 6.45) is -4.27. The van der Waals surface area contributed by atoms with E-state index < -0.39 is 12.6 Å². The second-order valence-corrected chi connectivity index (χ2v) is 4.00. The second-order valence-electron chi connectivity index (χ2n) is 4.00. The van der Waals surface area contributed by atoms with Crippen molar-refractivity contribution in [1.82, 2.24) is 5.32 Å². The monoisotopic (exact) mass is 261 g/mol. The van der Waals surface area contributed by atoms with Gasteiger partial charge in [-0.3, -0.25) is 0 Å². The highest BCUT2D eigenvalue weighted by molar-refractivity contribution is 5.35. The van der Waals surface area contributed by atoms with Gasteiger partial charge >= 0.3 is 6.18 Å². The lowest BCUT2D eigenvalue weighted by Crippen LogP contribution is -2.18. The zero-order chi connectivity index (χ0) is 13.6. The highest BCUT2D eigenvalue weighted by Gasteiger charge is 2.27. The molecule has 1 N–H and O–H groups in total. The SMILES string of the molecule is CCC(NC)c1ccccc1OCCC(F)(F)F. The fourth-order valence-corrected chi connectivity index (χ4v) is 1.76. The van der Waals surface area contributed by atoms with Crippen LogP contribution in [0.4, 0.5) is 13.2 Å². The molecule has 1 aromatic carbocycles. The Morgan fingerprint density at radius 1 is 1.28 bits per heavy atom. The second kappa shape index (κ2) is 6.64. The van der Waals surface area contributed by atoms with Gasteiger partial charge in [0.15, 0.2) is 0 Å². The van der Waals surface area contributed by atoms with Crippen LogP contribution >= 0.6 is 0 Å². The van der Waals surface area contributed by atoms with Gasteiger partial charge in [-0.1, -0.05) is 25.1 Å². The minimum absolute atomic E-state index is 0.0899. The van der Waals surface area contributed by atoms with Crippen molar-refractivity contribution in [2.75, 3.05) is 13.7 Å². The molecule has 0 aliphatic rings. The average molecular weight is 261 g/mol. The quantitative estimate of drug-likeness (QED) is 0.843. The number of nitrogens with one attached hydrogen (secondary N) is 1. The van der Waals surface area contributed by atoms with Crippen molar-refractivity contribution in [2.45, 2.75) is 32.0 Å². The van der Waals surface area contributed by atoms with Crippen molar-refractivity contribution in [1.29, 1.82) is 0 Å². The lowest BCUT2D eigenvalue weighted by atomic mass is 10.0. The van der Waals surface area contributed by atoms with Crippen molar-refractivity contribution >= 4 is 0 Å². The van der Waals surface area contributed by atoms with Crippen molar-refractivity contribution in [3.63, 3.8) is 0 Å². The van der Waals surface area contributed by atoms with E-state index in [0.29, 0.717) is 5.75 Å². The fourth-order valence-electron chi connectivity index (χ4n) is 1.76. The van der Waals surface area contributed by atoms with E-state index in [2.05, 4.69) is 5.32 Å². The largest absolute Gasteiger partial charge is 0.493 e. The molecule has 0 saturated heterocycles. The van der Waals surface area contributed by atoms with Gasteiger partial charge in [0, 0.05) is 11.6 Å². The van der Waals surface area contributed by atoms with E-state index in [4.69, 9.17) is 4.74 Å². The maximum Gasteiger partial charge on any atom is 0.392 e. The summed E-state index contributed by atoms with van der Waals surface area (Å²) in [5.41, 5.74) is 0.893. The molecule has 5 heteroatoms. The summed E-state index contributed by atoms with van der Waals surface area (Å²) < 4.78 is 41.4. The van der Waals surface area contributed by atoms with E-state index >= 15 is 0 Å². The lowest BCUT2D eigenvalue weighted by Gasteiger charge is -2.19. The minimum Gasteiger partial charge on any atom is -0.493 e. The molecule has 0 bridgehead atoms. The highest BCUT2D eigenvalue weighted by atomic mass is 19.4. The van der Waals surface area contributed by atoms with Crippen LogP contribution < -0.4 is 10.1 Å². The molecule has 1 unspecified atom stereocenters. The summed E-state index contributed by atoms with van der Waals surface area (Å²) in [6, 6.07) is 7.27. The van der Waals surface area contributed by atoms with Gasteiger partial charge in [-0.15, -0.1) is 0 Å². The molecule has 102 valence electrons. The van der Waals surface area contributed by atoms with Gasteiger partial charge < -0.3 is 10.1 Å². The molecule has 1 rings (SSSR count). The third-order valence-corrected chi connectivity index (χ3v) is 2.69. The molecule has 0 aliphatic carbocycles. The Morgan fingerprint density at radius 2 is 1.94 bits per heavy atom. The minimum atomic E-state index is -4.18. The summed E-state index contributed by atoms with van der Waals surface area (Å²) in [5.74, 6) is 0.517. The van der Waals surface area contributed by atoms with Crippen LogP contribution in [0, 0.1) is 0 Å². The van der Waals surface area contributed by atoms with Gasteiger partial charge in [-0.05, 0) is 19.5 Å². The Kier molecular flexibility index (Phi) is 5.47. The maximum absolute atomic E-state index is 12.1. The van der Waals surface area contributed by atoms with Crippen molar-refractivity contribution in [2.24, 2.45) is 0 Å². The van der Waals surface area contributed by atoms with Gasteiger partial charge in [-0.25, -0.2) is 0 Å². The molecule has 1 aromatic rings. The van der Waals surface area contributed by atoms with Crippen molar-refractivity contribution in [3.8, 4) is 5.75 Å². The standard InChI is InChI=1S/C13H18F3NO/c1-3-11(17-2)10-6-4-5-7-12(10)18-9-8-13(14,15)16/h4-7,11,17H,3,8-9H2,1-2H3. The number of alkyl halides is 3. The summed E-state index contributed by atoms with van der Waals surface area (Å²) >= 11 is 0. The number of halogens is 3. The van der Waals surface area contributed by atoms with Crippen LogP contribution in [0.15, 0.2) is 24.3 Å². The Bertz CT molecular complexity index is 361. The molecule has 0 spiro atoms. The third-order valence-electron chi connectivity index (χ3n) is 2.69. The molecule has 0 amide bonds. The summed E-state index contributed by atoms with van der Waals surface area (Å²) in [4.78, 5) is 0. The molecule has 0 aromatic heterocycles. The van der Waals surface area contributed by atoms with E-state index in [0.717, 1.165) is 12.0 Å². The average Bonchev–Trinajstić information content (AvgIpc) is 2.31. The molecule has 1 atom stereocenters. The van der Waals surface area contributed by atoms with Crippen LogP contribution in [0.5, 0.6) is 5.75 Å². The van der Waals surface area contributed by atoms with Crippen LogP contribution in [0.3, 0.4) is 0 Å². The number of para-hydroxylation sites is 1. The summed E-state index contributed by atoms with van der Waals surface area (Å²) in [5, 5.41) is 3.11. The van der Waals surface area contributed by atoms with Crippen molar-refractivity contribution < 1.29 is 17.9 Å². The lowest BCUT2D eigenvalue weighted by molar-refractivity contribution is -0.139. The van der Waals surface area contributed by atoms with Gasteiger partial charge in [0.1, 0.15) is 5.75 Å². The number of hydrogen-bond acceptors (Lipinski definition) is 2. The van der Waals surface area contributed by atoms with E-state index in [1.807, 2.05) is 26.1 Å². The third kappa shape index (κ3) is 4.56. The number of rotatable bonds is 6. The van der Waals surface area contributed by atoms with Gasteiger partial charge in [-0.2, -0.15) is 13.2 Å². The highest BCUT2D eigenvalue weighted by Crippen LogP contribution is 2.28. The number of benzene rings is 1. The Morgan fingerprint density at radius 3 is 2.50 bits per heavy atom. The number of ether oxygens (including phenoxy) is 1. The van der Waals surface area contributed by atoms with Crippen LogP contribution in [-0.4, -0.2) is 19.8 Å². The van der Waals surface area contributed by atoms with E-state index in [9.17, 15) is 13.2 Å². The van der Waals surface area contributed by atoms with Gasteiger partial charge in [0.2, 0.25) is 0 Å². The van der Waals surface area contributed by atoms with Crippen LogP contribution in [0.2, 0.25) is 0 Å². The topological polar surface area (TPSA) is 21.3 Å². The molecule has 18 heavy (non-hydrogen) atoms. The first kappa shape index (κ1) is 14.8. The maximum atomic E-state index is 12.1. The van der Waals surface area contributed by atoms with E-state index in [1.165, 1.54) is 0 Å².